The van der Waals surface area contributed by atoms with Gasteiger partial charge in [0.25, 0.3) is 0 Å². The Labute approximate surface area is 181 Å². The molecule has 7 heteroatoms. The van der Waals surface area contributed by atoms with Gasteiger partial charge in [0.15, 0.2) is 11.0 Å². The molecular formula is C23H27N5OS. The fourth-order valence-corrected chi connectivity index (χ4v) is 4.70. The monoisotopic (exact) mass is 421 g/mol. The Bertz CT molecular complexity index is 1010. The molecule has 1 unspecified atom stereocenters. The third kappa shape index (κ3) is 4.26. The molecule has 3 heterocycles. The SMILES string of the molecule is Cc1ccccc1-n1c(SC(C)C(=O)N2CCC(C)CC2)nnc1-c1cccnc1. The van der Waals surface area contributed by atoms with Gasteiger partial charge >= 0.3 is 0 Å². The first-order valence-electron chi connectivity index (χ1n) is 10.4. The molecule has 1 aromatic carbocycles. The summed E-state index contributed by atoms with van der Waals surface area (Å²) in [6, 6.07) is 12.0. The van der Waals surface area contributed by atoms with Crippen LogP contribution in [-0.2, 0) is 4.79 Å². The predicted octanol–water partition coefficient (Wildman–Crippen LogP) is 4.38. The Morgan fingerprint density at radius 1 is 1.13 bits per heavy atom. The van der Waals surface area contributed by atoms with E-state index in [4.69, 9.17) is 0 Å². The molecule has 1 saturated heterocycles. The van der Waals surface area contributed by atoms with Crippen LogP contribution in [0.5, 0.6) is 0 Å². The highest BCUT2D eigenvalue weighted by molar-refractivity contribution is 8.00. The first-order chi connectivity index (χ1) is 14.5. The van der Waals surface area contributed by atoms with Gasteiger partial charge in [0, 0.05) is 31.0 Å². The number of carbonyl (C=O) groups excluding carboxylic acids is 1. The zero-order valence-corrected chi connectivity index (χ0v) is 18.5. The van der Waals surface area contributed by atoms with Crippen molar-refractivity contribution in [2.75, 3.05) is 13.1 Å². The lowest BCUT2D eigenvalue weighted by Gasteiger charge is -2.32. The van der Waals surface area contributed by atoms with Crippen LogP contribution >= 0.6 is 11.8 Å². The quantitative estimate of drug-likeness (QED) is 0.572. The molecule has 1 atom stereocenters. The van der Waals surface area contributed by atoms with E-state index >= 15 is 0 Å². The van der Waals surface area contributed by atoms with Crippen LogP contribution in [0.4, 0.5) is 0 Å². The largest absolute Gasteiger partial charge is 0.342 e. The van der Waals surface area contributed by atoms with Crippen molar-refractivity contribution in [2.45, 2.75) is 44.0 Å². The van der Waals surface area contributed by atoms with E-state index in [0.29, 0.717) is 5.92 Å². The average molecular weight is 422 g/mol. The molecular weight excluding hydrogens is 394 g/mol. The second kappa shape index (κ2) is 9.00. The second-order valence-corrected chi connectivity index (χ2v) is 9.25. The molecule has 1 fully saturated rings. The van der Waals surface area contributed by atoms with Crippen LogP contribution in [-0.4, -0.2) is 48.9 Å². The summed E-state index contributed by atoms with van der Waals surface area (Å²) in [4.78, 5) is 19.3. The normalized spacial score (nSPS) is 15.9. The first kappa shape index (κ1) is 20.6. The maximum absolute atomic E-state index is 13.0. The van der Waals surface area contributed by atoms with Gasteiger partial charge in [-0.3, -0.25) is 14.3 Å². The number of nitrogens with zero attached hydrogens (tertiary/aromatic N) is 5. The van der Waals surface area contributed by atoms with Crippen molar-refractivity contribution in [2.24, 2.45) is 5.92 Å². The molecule has 0 aliphatic carbocycles. The fraction of sp³-hybridized carbons (Fsp3) is 0.391. The fourth-order valence-electron chi connectivity index (χ4n) is 3.75. The molecule has 3 aromatic rings. The zero-order chi connectivity index (χ0) is 21.1. The predicted molar refractivity (Wildman–Crippen MR) is 120 cm³/mol. The van der Waals surface area contributed by atoms with Crippen LogP contribution in [0.1, 0.15) is 32.3 Å². The van der Waals surface area contributed by atoms with E-state index in [1.807, 2.05) is 40.7 Å². The molecule has 6 nitrogen and oxygen atoms in total. The zero-order valence-electron chi connectivity index (χ0n) is 17.7. The summed E-state index contributed by atoms with van der Waals surface area (Å²) in [7, 11) is 0. The van der Waals surface area contributed by atoms with E-state index in [2.05, 4.69) is 41.2 Å². The number of likely N-dealkylation sites (tertiary alicyclic amines) is 1. The highest BCUT2D eigenvalue weighted by Gasteiger charge is 2.27. The van der Waals surface area contributed by atoms with E-state index in [1.54, 1.807) is 12.4 Å². The Hall–Kier alpha value is -2.67. The van der Waals surface area contributed by atoms with Gasteiger partial charge < -0.3 is 4.90 Å². The third-order valence-corrected chi connectivity index (χ3v) is 6.66. The number of pyridine rings is 1. The van der Waals surface area contributed by atoms with E-state index in [9.17, 15) is 4.79 Å². The summed E-state index contributed by atoms with van der Waals surface area (Å²) in [6.07, 6.45) is 5.69. The second-order valence-electron chi connectivity index (χ2n) is 7.94. The third-order valence-electron chi connectivity index (χ3n) is 5.63. The topological polar surface area (TPSA) is 63.9 Å². The summed E-state index contributed by atoms with van der Waals surface area (Å²) in [5.74, 6) is 1.60. The van der Waals surface area contributed by atoms with Crippen LogP contribution < -0.4 is 0 Å². The number of hydrogen-bond acceptors (Lipinski definition) is 5. The van der Waals surface area contributed by atoms with E-state index in [1.165, 1.54) is 11.8 Å². The smallest absolute Gasteiger partial charge is 0.235 e. The van der Waals surface area contributed by atoms with Gasteiger partial charge in [-0.1, -0.05) is 36.9 Å². The molecule has 4 rings (SSSR count). The molecule has 156 valence electrons. The molecule has 1 aliphatic heterocycles. The highest BCUT2D eigenvalue weighted by Crippen LogP contribution is 2.32. The number of thioether (sulfide) groups is 1. The van der Waals surface area contributed by atoms with Crippen LogP contribution in [0, 0.1) is 12.8 Å². The first-order valence-corrected chi connectivity index (χ1v) is 11.3. The number of aryl methyl sites for hydroxylation is 1. The van der Waals surface area contributed by atoms with Crippen molar-refractivity contribution in [3.63, 3.8) is 0 Å². The van der Waals surface area contributed by atoms with Crippen molar-refractivity contribution in [1.29, 1.82) is 0 Å². The number of piperidine rings is 1. The minimum absolute atomic E-state index is 0.175. The van der Waals surface area contributed by atoms with Crippen molar-refractivity contribution in [3.8, 4) is 17.1 Å². The number of aromatic nitrogens is 4. The molecule has 0 spiro atoms. The molecule has 1 aliphatic rings. The number of rotatable bonds is 5. The summed E-state index contributed by atoms with van der Waals surface area (Å²) in [5.41, 5.74) is 3.02. The van der Waals surface area contributed by atoms with Crippen LogP contribution in [0.3, 0.4) is 0 Å². The molecule has 0 bridgehead atoms. The maximum Gasteiger partial charge on any atom is 0.235 e. The van der Waals surface area contributed by atoms with Gasteiger partial charge in [0.1, 0.15) is 0 Å². The maximum atomic E-state index is 13.0. The van der Waals surface area contributed by atoms with Crippen LogP contribution in [0.25, 0.3) is 17.1 Å². The lowest BCUT2D eigenvalue weighted by molar-refractivity contribution is -0.131. The molecule has 30 heavy (non-hydrogen) atoms. The minimum Gasteiger partial charge on any atom is -0.342 e. The van der Waals surface area contributed by atoms with Gasteiger partial charge in [0.05, 0.1) is 10.9 Å². The number of hydrogen-bond donors (Lipinski definition) is 0. The minimum atomic E-state index is -0.230. The Balaban J connectivity index is 1.66. The van der Waals surface area contributed by atoms with E-state index < -0.39 is 0 Å². The number of amides is 1. The van der Waals surface area contributed by atoms with Gasteiger partial charge in [-0.2, -0.15) is 0 Å². The number of carbonyl (C=O) groups is 1. The lowest BCUT2D eigenvalue weighted by atomic mass is 9.99. The van der Waals surface area contributed by atoms with Crippen LogP contribution in [0.2, 0.25) is 0 Å². The van der Waals surface area contributed by atoms with E-state index in [-0.39, 0.29) is 11.2 Å². The Morgan fingerprint density at radius 2 is 1.90 bits per heavy atom. The Morgan fingerprint density at radius 3 is 2.60 bits per heavy atom. The van der Waals surface area contributed by atoms with Crippen molar-refractivity contribution in [1.82, 2.24) is 24.6 Å². The molecule has 0 radical (unpaired) electrons. The van der Waals surface area contributed by atoms with Gasteiger partial charge in [-0.25, -0.2) is 0 Å². The van der Waals surface area contributed by atoms with Gasteiger partial charge in [-0.05, 0) is 56.4 Å². The molecule has 0 N–H and O–H groups in total. The average Bonchev–Trinajstić information content (AvgIpc) is 3.18. The summed E-state index contributed by atoms with van der Waals surface area (Å²) >= 11 is 1.47. The van der Waals surface area contributed by atoms with Crippen molar-refractivity contribution in [3.05, 3.63) is 54.4 Å². The summed E-state index contributed by atoms with van der Waals surface area (Å²) in [5, 5.41) is 9.42. The standard InChI is InChI=1S/C23H27N5OS/c1-16-10-13-27(14-11-16)22(29)18(3)30-23-26-25-21(19-8-6-12-24-15-19)28(23)20-9-5-4-7-17(20)2/h4-9,12,15-16,18H,10-11,13-14H2,1-3H3. The van der Waals surface area contributed by atoms with Crippen LogP contribution in [0.15, 0.2) is 53.9 Å². The summed E-state index contributed by atoms with van der Waals surface area (Å²) < 4.78 is 2.04. The highest BCUT2D eigenvalue weighted by atomic mass is 32.2. The Kier molecular flexibility index (Phi) is 6.18. The van der Waals surface area contributed by atoms with E-state index in [0.717, 1.165) is 53.7 Å². The van der Waals surface area contributed by atoms with Crippen molar-refractivity contribution < 1.29 is 4.79 Å². The molecule has 0 saturated carbocycles. The lowest BCUT2D eigenvalue weighted by Crippen LogP contribution is -2.41. The molecule has 1 amide bonds. The summed E-state index contributed by atoms with van der Waals surface area (Å²) in [6.45, 7) is 7.98. The number of para-hydroxylation sites is 1. The number of benzene rings is 1. The molecule has 2 aromatic heterocycles. The van der Waals surface area contributed by atoms with Crippen molar-refractivity contribution >= 4 is 17.7 Å². The van der Waals surface area contributed by atoms with Gasteiger partial charge in [0.2, 0.25) is 5.91 Å². The van der Waals surface area contributed by atoms with Gasteiger partial charge in [-0.15, -0.1) is 10.2 Å².